The van der Waals surface area contributed by atoms with Crippen molar-refractivity contribution in [3.05, 3.63) is 46.4 Å². The molecule has 110 valence electrons. The van der Waals surface area contributed by atoms with E-state index >= 15 is 0 Å². The van der Waals surface area contributed by atoms with Gasteiger partial charge in [0, 0.05) is 29.5 Å². The van der Waals surface area contributed by atoms with Crippen LogP contribution in [0, 0.1) is 18.3 Å². The molecule has 0 aliphatic carbocycles. The molecule has 3 nitrogen and oxygen atoms in total. The second-order valence-corrected chi connectivity index (χ2v) is 5.86. The van der Waals surface area contributed by atoms with E-state index in [1.807, 2.05) is 24.5 Å². The summed E-state index contributed by atoms with van der Waals surface area (Å²) in [6.45, 7) is 3.90. The van der Waals surface area contributed by atoms with Gasteiger partial charge in [0.1, 0.15) is 12.3 Å². The van der Waals surface area contributed by atoms with E-state index in [2.05, 4.69) is 28.3 Å². The van der Waals surface area contributed by atoms with Crippen molar-refractivity contribution in [1.29, 1.82) is 5.26 Å². The molecule has 0 aliphatic heterocycles. The minimum atomic E-state index is 0.715. The lowest BCUT2D eigenvalue weighted by Crippen LogP contribution is -2.32. The second kappa shape index (κ2) is 8.43. The highest BCUT2D eigenvalue weighted by atomic mass is 32.1. The fourth-order valence-corrected chi connectivity index (χ4v) is 2.88. The van der Waals surface area contributed by atoms with Crippen molar-refractivity contribution in [1.82, 2.24) is 0 Å². The number of hydrogen-bond donors (Lipinski definition) is 0. The molecule has 0 atom stereocenters. The minimum Gasteiger partial charge on any atom is -0.492 e. The Morgan fingerprint density at radius 2 is 1.90 bits per heavy atom. The predicted octanol–water partition coefficient (Wildman–Crippen LogP) is 3.86. The van der Waals surface area contributed by atoms with Gasteiger partial charge in [0.05, 0.1) is 18.2 Å². The first-order valence-electron chi connectivity index (χ1n) is 7.34. The molecule has 0 bridgehead atoms. The molecule has 0 aliphatic rings. The van der Waals surface area contributed by atoms with Crippen LogP contribution in [0.4, 0.5) is 0 Å². The van der Waals surface area contributed by atoms with Gasteiger partial charge in [0.25, 0.3) is 0 Å². The summed E-state index contributed by atoms with van der Waals surface area (Å²) in [6.07, 6.45) is 8.61. The van der Waals surface area contributed by atoms with Gasteiger partial charge in [-0.1, -0.05) is 0 Å². The summed E-state index contributed by atoms with van der Waals surface area (Å²) in [5.74, 6) is 1.04. The van der Waals surface area contributed by atoms with Crippen LogP contribution in [-0.4, -0.2) is 6.61 Å². The smallest absolute Gasteiger partial charge is 0.170 e. The summed E-state index contributed by atoms with van der Waals surface area (Å²) in [7, 11) is 0. The number of nitriles is 1. The molecule has 2 heterocycles. The second-order valence-electron chi connectivity index (χ2n) is 5.12. The average molecular weight is 301 g/mol. The number of aryl methyl sites for hydroxylation is 2. The maximum Gasteiger partial charge on any atom is 0.170 e. The number of rotatable bonds is 8. The molecule has 2 rings (SSSR count). The standard InChI is InChI=1S/C17H21N2OS/c1-15-13-21-14-17(15)20-11-5-3-2-4-8-19-9-6-16(12-18)7-10-19/h6-7,9-10,13-14H,2-5,8,11H2,1H3/q+1. The van der Waals surface area contributed by atoms with Crippen LogP contribution >= 0.6 is 11.3 Å². The number of thiophene rings is 1. The Morgan fingerprint density at radius 1 is 1.14 bits per heavy atom. The van der Waals surface area contributed by atoms with Gasteiger partial charge in [0.2, 0.25) is 0 Å². The first-order chi connectivity index (χ1) is 10.3. The molecule has 0 N–H and O–H groups in total. The highest BCUT2D eigenvalue weighted by Gasteiger charge is 2.02. The van der Waals surface area contributed by atoms with Gasteiger partial charge in [-0.05, 0) is 31.6 Å². The van der Waals surface area contributed by atoms with Crippen LogP contribution in [0.5, 0.6) is 5.75 Å². The number of unbranched alkanes of at least 4 members (excludes halogenated alkanes) is 3. The van der Waals surface area contributed by atoms with Crippen LogP contribution in [0.3, 0.4) is 0 Å². The van der Waals surface area contributed by atoms with Crippen LogP contribution in [-0.2, 0) is 6.54 Å². The maximum atomic E-state index is 8.74. The Kier molecular flexibility index (Phi) is 6.23. The topological polar surface area (TPSA) is 36.9 Å². The normalized spacial score (nSPS) is 10.3. The van der Waals surface area contributed by atoms with Gasteiger partial charge in [-0.25, -0.2) is 4.57 Å². The molecular formula is C17H21N2OS+. The van der Waals surface area contributed by atoms with Gasteiger partial charge in [-0.2, -0.15) is 5.26 Å². The van der Waals surface area contributed by atoms with E-state index < -0.39 is 0 Å². The first kappa shape index (κ1) is 15.5. The lowest BCUT2D eigenvalue weighted by atomic mass is 10.2. The van der Waals surface area contributed by atoms with E-state index in [1.165, 1.54) is 18.4 Å². The Morgan fingerprint density at radius 3 is 2.57 bits per heavy atom. The Bertz CT molecular complexity index is 584. The number of ether oxygens (including phenoxy) is 1. The summed E-state index contributed by atoms with van der Waals surface area (Å²) in [4.78, 5) is 0. The first-order valence-corrected chi connectivity index (χ1v) is 8.28. The van der Waals surface area contributed by atoms with E-state index in [4.69, 9.17) is 10.00 Å². The van der Waals surface area contributed by atoms with Crippen molar-refractivity contribution in [3.63, 3.8) is 0 Å². The monoisotopic (exact) mass is 301 g/mol. The zero-order chi connectivity index (χ0) is 14.9. The fourth-order valence-electron chi connectivity index (χ4n) is 2.11. The van der Waals surface area contributed by atoms with E-state index in [9.17, 15) is 0 Å². The zero-order valence-electron chi connectivity index (χ0n) is 12.4. The van der Waals surface area contributed by atoms with Gasteiger partial charge in [0.15, 0.2) is 12.4 Å². The summed E-state index contributed by atoms with van der Waals surface area (Å²) >= 11 is 1.69. The van der Waals surface area contributed by atoms with Crippen molar-refractivity contribution < 1.29 is 9.30 Å². The number of pyridine rings is 1. The third-order valence-electron chi connectivity index (χ3n) is 3.40. The van der Waals surface area contributed by atoms with Gasteiger partial charge in [-0.15, -0.1) is 11.3 Å². The quantitative estimate of drug-likeness (QED) is 0.548. The van der Waals surface area contributed by atoms with Crippen molar-refractivity contribution in [2.75, 3.05) is 6.61 Å². The molecule has 4 heteroatoms. The molecule has 0 radical (unpaired) electrons. The lowest BCUT2D eigenvalue weighted by Gasteiger charge is -2.04. The molecular weight excluding hydrogens is 280 g/mol. The number of nitrogens with zero attached hydrogens (tertiary/aromatic N) is 2. The van der Waals surface area contributed by atoms with E-state index in [0.29, 0.717) is 5.56 Å². The number of hydrogen-bond acceptors (Lipinski definition) is 3. The molecule has 0 saturated heterocycles. The molecule has 2 aromatic rings. The molecule has 0 aromatic carbocycles. The summed E-state index contributed by atoms with van der Waals surface area (Å²) in [6, 6.07) is 5.85. The Balaban J connectivity index is 1.54. The lowest BCUT2D eigenvalue weighted by molar-refractivity contribution is -0.697. The Labute approximate surface area is 130 Å². The van der Waals surface area contributed by atoms with Crippen LogP contribution in [0.15, 0.2) is 35.3 Å². The van der Waals surface area contributed by atoms with Crippen molar-refractivity contribution in [2.45, 2.75) is 39.2 Å². The van der Waals surface area contributed by atoms with E-state index in [-0.39, 0.29) is 0 Å². The van der Waals surface area contributed by atoms with Gasteiger partial charge < -0.3 is 4.74 Å². The SMILES string of the molecule is Cc1cscc1OCCCCCC[n+]1ccc(C#N)cc1. The van der Waals surface area contributed by atoms with Crippen LogP contribution < -0.4 is 9.30 Å². The van der Waals surface area contributed by atoms with E-state index in [0.717, 1.165) is 31.7 Å². The maximum absolute atomic E-state index is 8.74. The molecule has 21 heavy (non-hydrogen) atoms. The minimum absolute atomic E-state index is 0.715. The van der Waals surface area contributed by atoms with Crippen LogP contribution in [0.1, 0.15) is 36.8 Å². The Hall–Kier alpha value is -1.86. The highest BCUT2D eigenvalue weighted by Crippen LogP contribution is 2.22. The fraction of sp³-hybridized carbons (Fsp3) is 0.412. The van der Waals surface area contributed by atoms with Crippen molar-refractivity contribution in [2.24, 2.45) is 0 Å². The largest absolute Gasteiger partial charge is 0.492 e. The molecule has 0 amide bonds. The van der Waals surface area contributed by atoms with Crippen molar-refractivity contribution >= 4 is 11.3 Å². The average Bonchev–Trinajstić information content (AvgIpc) is 2.92. The molecule has 2 aromatic heterocycles. The zero-order valence-corrected chi connectivity index (χ0v) is 13.2. The molecule has 0 fully saturated rings. The summed E-state index contributed by atoms with van der Waals surface area (Å²) < 4.78 is 7.87. The molecule has 0 spiro atoms. The predicted molar refractivity (Wildman–Crippen MR) is 84.4 cm³/mol. The van der Waals surface area contributed by atoms with Gasteiger partial charge >= 0.3 is 0 Å². The number of aromatic nitrogens is 1. The van der Waals surface area contributed by atoms with Crippen molar-refractivity contribution in [3.8, 4) is 11.8 Å². The highest BCUT2D eigenvalue weighted by molar-refractivity contribution is 7.08. The molecule has 0 unspecified atom stereocenters. The van der Waals surface area contributed by atoms with Crippen LogP contribution in [0.2, 0.25) is 0 Å². The van der Waals surface area contributed by atoms with E-state index in [1.54, 1.807) is 11.3 Å². The summed E-state index contributed by atoms with van der Waals surface area (Å²) in [5, 5.41) is 12.9. The molecule has 0 saturated carbocycles. The third-order valence-corrected chi connectivity index (χ3v) is 4.24. The third kappa shape index (κ3) is 5.20. The van der Waals surface area contributed by atoms with Gasteiger partial charge in [-0.3, -0.25) is 0 Å². The summed E-state index contributed by atoms with van der Waals surface area (Å²) in [5.41, 5.74) is 1.95. The van der Waals surface area contributed by atoms with Crippen LogP contribution in [0.25, 0.3) is 0 Å².